The highest BCUT2D eigenvalue weighted by molar-refractivity contribution is 14.0. The normalized spacial score (nSPS) is 9.29. The number of nitrogens with two attached hydrogens (primary N) is 2. The Hall–Kier alpha value is 2.31. The fourth-order valence-corrected chi connectivity index (χ4v) is 0.632. The van der Waals surface area contributed by atoms with E-state index >= 15 is 0 Å². The van der Waals surface area contributed by atoms with Crippen molar-refractivity contribution in [2.75, 3.05) is 6.54 Å². The number of aliphatic carboxylic acids is 1. The summed E-state index contributed by atoms with van der Waals surface area (Å²) >= 11 is 0. The largest absolute Gasteiger partial charge is 0.480 e. The monoisotopic (exact) mass is 658 g/mol. The van der Waals surface area contributed by atoms with E-state index in [0.29, 0.717) is 13.0 Å². The van der Waals surface area contributed by atoms with Crippen LogP contribution in [-0.2, 0) is 4.79 Å². The maximum atomic E-state index is 10.1. The average Bonchev–Trinajstić information content (AvgIpc) is 1.88. The van der Waals surface area contributed by atoms with Crippen LogP contribution in [-0.4, -0.2) is 23.7 Å². The highest BCUT2D eigenvalue weighted by atomic mass is 127. The Kier molecular flexibility index (Phi) is 44.2. The predicted molar refractivity (Wildman–Crippen MR) is 100 cm³/mol. The lowest BCUT2D eigenvalue weighted by atomic mass is 10.1. The number of halogens is 4. The summed E-state index contributed by atoms with van der Waals surface area (Å²) in [4.78, 5) is 10.1. The van der Waals surface area contributed by atoms with Gasteiger partial charge in [0.05, 0.1) is 0 Å². The second-order valence-corrected chi connectivity index (χ2v) is 2.23. The molecule has 0 spiro atoms. The van der Waals surface area contributed by atoms with Crippen LogP contribution < -0.4 is 11.5 Å². The minimum Gasteiger partial charge on any atom is -0.480 e. The zero-order chi connectivity index (χ0) is 7.98. The first-order valence-corrected chi connectivity index (χ1v) is 3.37. The van der Waals surface area contributed by atoms with E-state index in [1.165, 1.54) is 0 Å². The third kappa shape index (κ3) is 19.8. The number of hydrogen-bond donors (Lipinski definition) is 3. The van der Waals surface area contributed by atoms with Crippen molar-refractivity contribution in [1.82, 2.24) is 0 Å². The van der Waals surface area contributed by atoms with Crippen molar-refractivity contribution in [3.8, 4) is 0 Å². The molecule has 4 nitrogen and oxygen atoms in total. The maximum Gasteiger partial charge on any atom is 0.320 e. The molecule has 0 aliphatic heterocycles. The molecular weight excluding hydrogens is 640 g/mol. The Bertz CT molecular complexity index is 118. The number of carboxylic acids is 1. The van der Waals surface area contributed by atoms with Crippen LogP contribution in [0.1, 0.15) is 19.3 Å². The molecule has 0 heterocycles. The van der Waals surface area contributed by atoms with E-state index in [4.69, 9.17) is 16.6 Å². The molecule has 0 aliphatic rings. The van der Waals surface area contributed by atoms with Gasteiger partial charge in [0.25, 0.3) is 0 Å². The predicted octanol–water partition coefficient (Wildman–Crippen LogP) is 2.00. The van der Waals surface area contributed by atoms with Gasteiger partial charge in [0, 0.05) is 0 Å². The molecule has 0 aliphatic carbocycles. The van der Waals surface area contributed by atoms with Crippen LogP contribution in [0.4, 0.5) is 0 Å². The lowest BCUT2D eigenvalue weighted by molar-refractivity contribution is -0.138. The third-order valence-electron chi connectivity index (χ3n) is 1.29. The molecule has 8 heteroatoms. The van der Waals surface area contributed by atoms with Gasteiger partial charge in [-0.05, 0) is 19.4 Å². The van der Waals surface area contributed by atoms with Crippen molar-refractivity contribution in [2.24, 2.45) is 11.5 Å². The van der Waals surface area contributed by atoms with Crippen molar-refractivity contribution >= 4 is 102 Å². The minimum atomic E-state index is -0.933. The van der Waals surface area contributed by atoms with Crippen molar-refractivity contribution in [2.45, 2.75) is 25.3 Å². The van der Waals surface area contributed by atoms with E-state index in [-0.39, 0.29) is 95.9 Å². The number of hydrogen-bond acceptors (Lipinski definition) is 3. The van der Waals surface area contributed by atoms with E-state index in [9.17, 15) is 4.79 Å². The van der Waals surface area contributed by atoms with Crippen LogP contribution in [0.5, 0.6) is 0 Å². The Morgan fingerprint density at radius 2 is 1.57 bits per heavy atom. The second kappa shape index (κ2) is 20.7. The molecule has 92 valence electrons. The van der Waals surface area contributed by atoms with Gasteiger partial charge in [-0.1, -0.05) is 6.42 Å². The van der Waals surface area contributed by atoms with Gasteiger partial charge in [-0.3, -0.25) is 4.79 Å². The van der Waals surface area contributed by atoms with E-state index in [2.05, 4.69) is 0 Å². The summed E-state index contributed by atoms with van der Waals surface area (Å²) in [6.07, 6.45) is 2.16. The molecule has 1 atom stereocenters. The molecule has 0 unspecified atom stereocenters. The Morgan fingerprint density at radius 3 is 1.86 bits per heavy atom. The van der Waals surface area contributed by atoms with Crippen LogP contribution >= 0.6 is 95.9 Å². The Morgan fingerprint density at radius 1 is 1.14 bits per heavy atom. The van der Waals surface area contributed by atoms with Crippen molar-refractivity contribution in [3.63, 3.8) is 0 Å². The molecule has 0 rings (SSSR count). The number of rotatable bonds is 5. The SMILES string of the molecule is I.I.I.I.NCCCC[C@H](N)C(=O)O. The highest BCUT2D eigenvalue weighted by Crippen LogP contribution is 1.96. The number of carbonyl (C=O) groups is 1. The molecule has 5 N–H and O–H groups in total. The van der Waals surface area contributed by atoms with Crippen LogP contribution in [0.15, 0.2) is 0 Å². The van der Waals surface area contributed by atoms with E-state index < -0.39 is 12.0 Å². The van der Waals surface area contributed by atoms with Crippen molar-refractivity contribution in [3.05, 3.63) is 0 Å². The van der Waals surface area contributed by atoms with E-state index in [1.54, 1.807) is 0 Å². The molecular formula is C6H18I4N2O2. The highest BCUT2D eigenvalue weighted by Gasteiger charge is 2.09. The van der Waals surface area contributed by atoms with Crippen molar-refractivity contribution < 1.29 is 9.90 Å². The topological polar surface area (TPSA) is 89.3 Å². The van der Waals surface area contributed by atoms with Gasteiger partial charge in [0.1, 0.15) is 6.04 Å². The van der Waals surface area contributed by atoms with Gasteiger partial charge < -0.3 is 16.6 Å². The summed E-state index contributed by atoms with van der Waals surface area (Å²) in [5.74, 6) is -0.933. The summed E-state index contributed by atoms with van der Waals surface area (Å²) in [6, 6.07) is -0.716. The van der Waals surface area contributed by atoms with Crippen molar-refractivity contribution in [1.29, 1.82) is 0 Å². The first-order chi connectivity index (χ1) is 4.68. The third-order valence-corrected chi connectivity index (χ3v) is 1.29. The number of unbranched alkanes of at least 4 members (excludes halogenated alkanes) is 1. The molecule has 14 heavy (non-hydrogen) atoms. The molecule has 0 amide bonds. The molecule has 0 aromatic carbocycles. The number of carboxylic acid groups (broad SMARTS) is 1. The molecule has 0 saturated heterocycles. The van der Waals surface area contributed by atoms with E-state index in [1.807, 2.05) is 0 Å². The smallest absolute Gasteiger partial charge is 0.320 e. The lowest BCUT2D eigenvalue weighted by Gasteiger charge is -2.03. The second-order valence-electron chi connectivity index (χ2n) is 2.23. The van der Waals surface area contributed by atoms with Crippen LogP contribution in [0.2, 0.25) is 0 Å². The summed E-state index contributed by atoms with van der Waals surface area (Å²) in [5, 5.41) is 8.33. The summed E-state index contributed by atoms with van der Waals surface area (Å²) in [7, 11) is 0. The minimum absolute atomic E-state index is 0. The average molecular weight is 658 g/mol. The molecule has 0 bridgehead atoms. The van der Waals surface area contributed by atoms with Gasteiger partial charge in [-0.15, -0.1) is 95.9 Å². The molecule has 0 radical (unpaired) electrons. The zero-order valence-electron chi connectivity index (χ0n) is 7.55. The molecule has 0 fully saturated rings. The molecule has 0 aromatic rings. The Labute approximate surface area is 153 Å². The van der Waals surface area contributed by atoms with Gasteiger partial charge in [0.2, 0.25) is 0 Å². The standard InChI is InChI=1S/C6H14N2O2.4HI/c7-4-2-1-3-5(8)6(9)10;;;;/h5H,1-4,7-8H2,(H,9,10);4*1H/t5-;;;;/m0..../s1. The quantitative estimate of drug-likeness (QED) is 0.312. The lowest BCUT2D eigenvalue weighted by Crippen LogP contribution is -2.29. The van der Waals surface area contributed by atoms with Crippen LogP contribution in [0, 0.1) is 0 Å². The maximum absolute atomic E-state index is 10.1. The molecule has 0 saturated carbocycles. The van der Waals surface area contributed by atoms with Crippen LogP contribution in [0.25, 0.3) is 0 Å². The van der Waals surface area contributed by atoms with Gasteiger partial charge in [-0.2, -0.15) is 0 Å². The fourth-order valence-electron chi connectivity index (χ4n) is 0.632. The first kappa shape index (κ1) is 29.9. The fraction of sp³-hybridized carbons (Fsp3) is 0.833. The van der Waals surface area contributed by atoms with E-state index in [0.717, 1.165) is 12.8 Å². The van der Waals surface area contributed by atoms with Gasteiger partial charge >= 0.3 is 5.97 Å². The molecule has 0 aromatic heterocycles. The van der Waals surface area contributed by atoms with Gasteiger partial charge in [-0.25, -0.2) is 0 Å². The summed E-state index contributed by atoms with van der Waals surface area (Å²) in [6.45, 7) is 0.604. The first-order valence-electron chi connectivity index (χ1n) is 3.37. The van der Waals surface area contributed by atoms with Crippen LogP contribution in [0.3, 0.4) is 0 Å². The zero-order valence-corrected chi connectivity index (χ0v) is 16.9. The Balaban J connectivity index is -0.0000000675. The summed E-state index contributed by atoms with van der Waals surface area (Å²) < 4.78 is 0. The summed E-state index contributed by atoms with van der Waals surface area (Å²) in [5.41, 5.74) is 10.4. The van der Waals surface area contributed by atoms with Gasteiger partial charge in [0.15, 0.2) is 0 Å².